The van der Waals surface area contributed by atoms with Gasteiger partial charge in [0, 0.05) is 32.2 Å². The number of hydrogen-bond acceptors (Lipinski definition) is 5. The van der Waals surface area contributed by atoms with Crippen molar-refractivity contribution >= 4 is 41.3 Å². The van der Waals surface area contributed by atoms with Crippen molar-refractivity contribution in [3.05, 3.63) is 15.6 Å². The molecule has 0 spiro atoms. The highest BCUT2D eigenvalue weighted by Crippen LogP contribution is 2.15. The van der Waals surface area contributed by atoms with Crippen LogP contribution in [0.2, 0.25) is 0 Å². The Morgan fingerprint density at radius 1 is 1.23 bits per heavy atom. The van der Waals surface area contributed by atoms with Gasteiger partial charge in [0.2, 0.25) is 0 Å². The van der Waals surface area contributed by atoms with Gasteiger partial charge in [0.25, 0.3) is 0 Å². The first-order chi connectivity index (χ1) is 10.2. The van der Waals surface area contributed by atoms with Gasteiger partial charge >= 0.3 is 0 Å². The molecule has 22 heavy (non-hydrogen) atoms. The molecule has 0 aromatic carbocycles. The van der Waals surface area contributed by atoms with Crippen molar-refractivity contribution in [3.8, 4) is 0 Å². The minimum Gasteiger partial charge on any atom is -0.382 e. The number of aliphatic imine (C=N–C) groups is 1. The molecular weight excluding hydrogens is 415 g/mol. The molecule has 1 aromatic rings. The minimum absolute atomic E-state index is 0. The van der Waals surface area contributed by atoms with Crippen LogP contribution in [0.1, 0.15) is 22.0 Å². The molecule has 0 radical (unpaired) electrons. The van der Waals surface area contributed by atoms with E-state index in [1.165, 1.54) is 4.88 Å². The third-order valence-corrected chi connectivity index (χ3v) is 3.97. The molecule has 0 aliphatic heterocycles. The van der Waals surface area contributed by atoms with Gasteiger partial charge in [0.05, 0.1) is 25.5 Å². The average Bonchev–Trinajstić information content (AvgIpc) is 2.80. The lowest BCUT2D eigenvalue weighted by atomic mass is 10.4. The fraction of sp³-hybridized carbons (Fsp3) is 0.714. The Morgan fingerprint density at radius 2 is 2.00 bits per heavy atom. The van der Waals surface area contributed by atoms with E-state index in [1.54, 1.807) is 25.5 Å². The number of ether oxygens (including phenoxy) is 2. The predicted molar refractivity (Wildman–Crippen MR) is 103 cm³/mol. The third-order valence-electron chi connectivity index (χ3n) is 2.89. The molecule has 0 aliphatic carbocycles. The minimum atomic E-state index is 0. The highest BCUT2D eigenvalue weighted by Gasteiger charge is 2.04. The summed E-state index contributed by atoms with van der Waals surface area (Å²) in [6.45, 7) is 7.65. The van der Waals surface area contributed by atoms with E-state index in [-0.39, 0.29) is 24.0 Å². The van der Waals surface area contributed by atoms with Crippen molar-refractivity contribution < 1.29 is 9.47 Å². The summed E-state index contributed by atoms with van der Waals surface area (Å²) in [6.07, 6.45) is 0.930. The van der Waals surface area contributed by atoms with Crippen LogP contribution in [0.15, 0.2) is 4.99 Å². The normalized spacial score (nSPS) is 11.2. The molecule has 128 valence electrons. The molecule has 1 heterocycles. The van der Waals surface area contributed by atoms with Gasteiger partial charge in [-0.1, -0.05) is 0 Å². The van der Waals surface area contributed by atoms with Crippen LogP contribution < -0.4 is 10.6 Å². The van der Waals surface area contributed by atoms with Crippen molar-refractivity contribution in [1.29, 1.82) is 0 Å². The van der Waals surface area contributed by atoms with Gasteiger partial charge < -0.3 is 20.1 Å². The van der Waals surface area contributed by atoms with E-state index in [9.17, 15) is 0 Å². The molecule has 0 atom stereocenters. The zero-order valence-corrected chi connectivity index (χ0v) is 16.9. The smallest absolute Gasteiger partial charge is 0.191 e. The number of methoxy groups -OCH3 is 1. The lowest BCUT2D eigenvalue weighted by Gasteiger charge is -2.10. The zero-order valence-electron chi connectivity index (χ0n) is 13.8. The van der Waals surface area contributed by atoms with Gasteiger partial charge in [-0.05, 0) is 20.3 Å². The number of nitrogens with one attached hydrogen (secondary N) is 2. The summed E-state index contributed by atoms with van der Waals surface area (Å²) >= 11 is 1.72. The van der Waals surface area contributed by atoms with Crippen molar-refractivity contribution in [2.24, 2.45) is 4.99 Å². The lowest BCUT2D eigenvalue weighted by Crippen LogP contribution is -2.37. The molecule has 0 aliphatic rings. The van der Waals surface area contributed by atoms with Gasteiger partial charge in [-0.2, -0.15) is 0 Å². The van der Waals surface area contributed by atoms with Crippen LogP contribution in [0.4, 0.5) is 0 Å². The number of hydrogen-bond donors (Lipinski definition) is 2. The Morgan fingerprint density at radius 3 is 2.59 bits per heavy atom. The summed E-state index contributed by atoms with van der Waals surface area (Å²) in [5.41, 5.74) is 1.10. The van der Waals surface area contributed by atoms with Crippen molar-refractivity contribution in [2.45, 2.75) is 26.8 Å². The standard InChI is InChI=1S/C14H26N4O2S.HI/c1-11-12(2)21-13(18-11)10-17-14(15-3)16-6-5-7-20-9-8-19-4;/h5-10H2,1-4H3,(H2,15,16,17);1H. The first-order valence-electron chi connectivity index (χ1n) is 7.11. The molecule has 2 N–H and O–H groups in total. The first kappa shape index (κ1) is 21.6. The van der Waals surface area contributed by atoms with E-state index in [1.807, 2.05) is 6.92 Å². The van der Waals surface area contributed by atoms with Crippen LogP contribution in [0.3, 0.4) is 0 Å². The largest absolute Gasteiger partial charge is 0.382 e. The van der Waals surface area contributed by atoms with Crippen molar-refractivity contribution in [3.63, 3.8) is 0 Å². The zero-order chi connectivity index (χ0) is 15.5. The van der Waals surface area contributed by atoms with Crippen LogP contribution in [0, 0.1) is 13.8 Å². The van der Waals surface area contributed by atoms with Crippen molar-refractivity contribution in [2.75, 3.05) is 40.5 Å². The van der Waals surface area contributed by atoms with Crippen molar-refractivity contribution in [1.82, 2.24) is 15.6 Å². The van der Waals surface area contributed by atoms with Gasteiger partial charge in [0.15, 0.2) is 5.96 Å². The highest BCUT2D eigenvalue weighted by atomic mass is 127. The summed E-state index contributed by atoms with van der Waals surface area (Å²) in [6, 6.07) is 0. The number of aryl methyl sites for hydroxylation is 2. The van der Waals surface area contributed by atoms with Gasteiger partial charge in [0.1, 0.15) is 5.01 Å². The molecule has 0 bridgehead atoms. The molecular formula is C14H27IN4O2S. The SMILES string of the molecule is CN=C(NCCCOCCOC)NCc1nc(C)c(C)s1.I. The summed E-state index contributed by atoms with van der Waals surface area (Å²) < 4.78 is 10.3. The molecule has 6 nitrogen and oxygen atoms in total. The third kappa shape index (κ3) is 8.86. The van der Waals surface area contributed by atoms with E-state index < -0.39 is 0 Å². The maximum atomic E-state index is 5.40. The second-order valence-corrected chi connectivity index (χ2v) is 5.85. The van der Waals surface area contributed by atoms with Crippen LogP contribution in [-0.4, -0.2) is 51.5 Å². The number of rotatable bonds is 9. The van der Waals surface area contributed by atoms with E-state index >= 15 is 0 Å². The topological polar surface area (TPSA) is 67.8 Å². The molecule has 0 amide bonds. The van der Waals surface area contributed by atoms with Gasteiger partial charge in [-0.15, -0.1) is 35.3 Å². The van der Waals surface area contributed by atoms with Crippen LogP contribution >= 0.6 is 35.3 Å². The van der Waals surface area contributed by atoms with E-state index in [2.05, 4.69) is 27.5 Å². The molecule has 0 saturated heterocycles. The average molecular weight is 442 g/mol. The fourth-order valence-corrected chi connectivity index (χ4v) is 2.49. The molecule has 0 saturated carbocycles. The van der Waals surface area contributed by atoms with E-state index in [0.717, 1.165) is 36.2 Å². The van der Waals surface area contributed by atoms with Crippen LogP contribution in [0.5, 0.6) is 0 Å². The van der Waals surface area contributed by atoms with E-state index in [0.29, 0.717) is 19.8 Å². The number of nitrogens with zero attached hydrogens (tertiary/aromatic N) is 2. The maximum Gasteiger partial charge on any atom is 0.191 e. The lowest BCUT2D eigenvalue weighted by molar-refractivity contribution is 0.0698. The Balaban J connectivity index is 0.00000441. The molecule has 0 unspecified atom stereocenters. The molecule has 1 aromatic heterocycles. The predicted octanol–water partition coefficient (Wildman–Crippen LogP) is 2.10. The quantitative estimate of drug-likeness (QED) is 0.265. The Bertz CT molecular complexity index is 421. The monoisotopic (exact) mass is 442 g/mol. The summed E-state index contributed by atoms with van der Waals surface area (Å²) in [5, 5.41) is 7.60. The van der Waals surface area contributed by atoms with Crippen LogP contribution in [0.25, 0.3) is 0 Å². The Labute approximate surface area is 154 Å². The fourth-order valence-electron chi connectivity index (χ4n) is 1.62. The van der Waals surface area contributed by atoms with Crippen LogP contribution in [-0.2, 0) is 16.0 Å². The summed E-state index contributed by atoms with van der Waals surface area (Å²) in [5.74, 6) is 0.789. The summed E-state index contributed by atoms with van der Waals surface area (Å²) in [4.78, 5) is 9.95. The molecule has 8 heteroatoms. The van der Waals surface area contributed by atoms with Gasteiger partial charge in [-0.3, -0.25) is 4.99 Å². The number of thiazole rings is 1. The second kappa shape index (κ2) is 13.0. The Kier molecular flexibility index (Phi) is 12.8. The first-order valence-corrected chi connectivity index (χ1v) is 7.93. The molecule has 1 rings (SSSR count). The summed E-state index contributed by atoms with van der Waals surface area (Å²) in [7, 11) is 3.44. The second-order valence-electron chi connectivity index (χ2n) is 4.56. The van der Waals surface area contributed by atoms with Gasteiger partial charge in [-0.25, -0.2) is 4.98 Å². The Hall–Kier alpha value is -0.450. The highest BCUT2D eigenvalue weighted by molar-refractivity contribution is 14.0. The maximum absolute atomic E-state index is 5.40. The molecule has 0 fully saturated rings. The number of guanidine groups is 1. The number of aromatic nitrogens is 1. The van der Waals surface area contributed by atoms with E-state index in [4.69, 9.17) is 9.47 Å². The number of halogens is 1.